The van der Waals surface area contributed by atoms with Crippen LogP contribution in [0.4, 0.5) is 0 Å². The lowest BCUT2D eigenvalue weighted by molar-refractivity contribution is -0.159. The molecule has 1 saturated heterocycles. The van der Waals surface area contributed by atoms with Crippen LogP contribution in [0.5, 0.6) is 0 Å². The van der Waals surface area contributed by atoms with Crippen LogP contribution in [-0.2, 0) is 33.3 Å². The summed E-state index contributed by atoms with van der Waals surface area (Å²) in [6.45, 7) is 4.77. The highest BCUT2D eigenvalue weighted by atomic mass is 35.5. The first-order valence-electron chi connectivity index (χ1n) is 11.0. The number of hydrogen-bond acceptors (Lipinski definition) is 8. The molecule has 0 amide bonds. The van der Waals surface area contributed by atoms with Crippen molar-refractivity contribution in [2.75, 3.05) is 7.11 Å². The number of methoxy groups -OCH3 is 1. The highest BCUT2D eigenvalue weighted by Gasteiger charge is 2.41. The third-order valence-electron chi connectivity index (χ3n) is 5.59. The second kappa shape index (κ2) is 12.9. The quantitative estimate of drug-likeness (QED) is 0.359. The Kier molecular flexibility index (Phi) is 10.6. The van der Waals surface area contributed by atoms with Crippen molar-refractivity contribution in [3.05, 3.63) is 34.4 Å². The summed E-state index contributed by atoms with van der Waals surface area (Å²) < 4.78 is 21.7. The minimum Gasteiger partial charge on any atom is -0.469 e. The zero-order valence-corrected chi connectivity index (χ0v) is 20.3. The fourth-order valence-corrected chi connectivity index (χ4v) is 4.07. The largest absolute Gasteiger partial charge is 0.469 e. The Morgan fingerprint density at radius 2 is 2.06 bits per heavy atom. The van der Waals surface area contributed by atoms with E-state index in [4.69, 9.17) is 25.8 Å². The number of carbonyl (C=O) groups is 3. The van der Waals surface area contributed by atoms with Gasteiger partial charge < -0.3 is 24.1 Å². The maximum Gasteiger partial charge on any atom is 0.310 e. The maximum absolute atomic E-state index is 12.7. The van der Waals surface area contributed by atoms with Crippen molar-refractivity contribution >= 4 is 29.5 Å². The molecule has 2 bridgehead atoms. The van der Waals surface area contributed by atoms with E-state index in [1.165, 1.54) is 20.1 Å². The predicted molar refractivity (Wildman–Crippen MR) is 121 cm³/mol. The van der Waals surface area contributed by atoms with E-state index in [0.29, 0.717) is 36.3 Å². The van der Waals surface area contributed by atoms with E-state index in [0.717, 1.165) is 5.57 Å². The zero-order chi connectivity index (χ0) is 24.5. The van der Waals surface area contributed by atoms with Gasteiger partial charge in [0.1, 0.15) is 24.4 Å². The van der Waals surface area contributed by atoms with Gasteiger partial charge in [0.15, 0.2) is 0 Å². The lowest BCUT2D eigenvalue weighted by Gasteiger charge is -2.24. The van der Waals surface area contributed by atoms with Gasteiger partial charge in [-0.3, -0.25) is 14.4 Å². The van der Waals surface area contributed by atoms with Crippen molar-refractivity contribution in [2.45, 2.75) is 89.8 Å². The molecule has 9 heteroatoms. The molecule has 8 nitrogen and oxygen atoms in total. The number of ether oxygens (including phenoxy) is 4. The average molecular weight is 485 g/mol. The first-order valence-corrected chi connectivity index (χ1v) is 11.4. The van der Waals surface area contributed by atoms with E-state index in [1.54, 1.807) is 13.8 Å². The highest BCUT2D eigenvalue weighted by molar-refractivity contribution is 6.29. The number of fused-ring (bicyclic) bond motifs is 2. The topological polar surface area (TPSA) is 108 Å². The van der Waals surface area contributed by atoms with Crippen LogP contribution in [-0.4, -0.2) is 60.6 Å². The molecule has 184 valence electrons. The molecule has 0 aliphatic carbocycles. The van der Waals surface area contributed by atoms with Crippen molar-refractivity contribution in [2.24, 2.45) is 0 Å². The Balaban J connectivity index is 2.24. The smallest absolute Gasteiger partial charge is 0.310 e. The molecule has 0 spiro atoms. The molecule has 0 radical (unpaired) electrons. The molecule has 1 fully saturated rings. The molecule has 0 aromatic carbocycles. The molecular formula is C24H33ClO8. The van der Waals surface area contributed by atoms with E-state index in [-0.39, 0.29) is 18.9 Å². The summed E-state index contributed by atoms with van der Waals surface area (Å²) in [5.41, 5.74) is 1.33. The Bertz CT molecular complexity index is 815. The molecule has 2 aliphatic heterocycles. The molecule has 0 aromatic heterocycles. The summed E-state index contributed by atoms with van der Waals surface area (Å²) in [6, 6.07) is 0. The summed E-state index contributed by atoms with van der Waals surface area (Å²) >= 11 is 6.35. The second-order valence-electron chi connectivity index (χ2n) is 8.42. The second-order valence-corrected chi connectivity index (χ2v) is 8.90. The number of halogens is 1. The van der Waals surface area contributed by atoms with E-state index in [2.05, 4.69) is 4.74 Å². The molecule has 2 aliphatic rings. The molecule has 0 saturated carbocycles. The van der Waals surface area contributed by atoms with Gasteiger partial charge >= 0.3 is 17.9 Å². The Morgan fingerprint density at radius 1 is 1.33 bits per heavy atom. The zero-order valence-electron chi connectivity index (χ0n) is 19.5. The van der Waals surface area contributed by atoms with E-state index in [9.17, 15) is 19.5 Å². The molecule has 2 rings (SSSR count). The average Bonchev–Trinajstić information content (AvgIpc) is 3.13. The van der Waals surface area contributed by atoms with E-state index >= 15 is 0 Å². The van der Waals surface area contributed by atoms with Crippen LogP contribution in [0.1, 0.15) is 59.3 Å². The van der Waals surface area contributed by atoms with Crippen LogP contribution >= 0.6 is 11.6 Å². The molecule has 1 N–H and O–H groups in total. The third kappa shape index (κ3) is 8.95. The first kappa shape index (κ1) is 27.1. The van der Waals surface area contributed by atoms with Gasteiger partial charge in [0.05, 0.1) is 26.1 Å². The van der Waals surface area contributed by atoms with Crippen LogP contribution in [0.25, 0.3) is 0 Å². The van der Waals surface area contributed by atoms with Gasteiger partial charge in [-0.2, -0.15) is 0 Å². The van der Waals surface area contributed by atoms with Crippen molar-refractivity contribution in [3.8, 4) is 0 Å². The van der Waals surface area contributed by atoms with Crippen molar-refractivity contribution in [3.63, 3.8) is 0 Å². The van der Waals surface area contributed by atoms with Crippen LogP contribution in [0.2, 0.25) is 0 Å². The molecule has 2 heterocycles. The number of aliphatic hydroxyl groups is 1. The lowest BCUT2D eigenvalue weighted by atomic mass is 10.0. The molecule has 5 unspecified atom stereocenters. The van der Waals surface area contributed by atoms with E-state index in [1.807, 2.05) is 12.2 Å². The molecular weight excluding hydrogens is 452 g/mol. The number of carbonyl (C=O) groups excluding carboxylic acids is 3. The Hall–Kier alpha value is -2.16. The highest BCUT2D eigenvalue weighted by Crippen LogP contribution is 2.31. The number of allylic oxidation sites excluding steroid dienone is 3. The van der Waals surface area contributed by atoms with Gasteiger partial charge in [0.25, 0.3) is 0 Å². The fourth-order valence-electron chi connectivity index (χ4n) is 3.87. The molecule has 5 atom stereocenters. The Labute approximate surface area is 199 Å². The van der Waals surface area contributed by atoms with Crippen molar-refractivity contribution < 1.29 is 38.4 Å². The lowest BCUT2D eigenvalue weighted by Crippen LogP contribution is -2.37. The van der Waals surface area contributed by atoms with Crippen molar-refractivity contribution in [1.82, 2.24) is 0 Å². The molecule has 0 aromatic rings. The number of hydrogen-bond donors (Lipinski definition) is 1. The van der Waals surface area contributed by atoms with E-state index < -0.39 is 42.3 Å². The van der Waals surface area contributed by atoms with Gasteiger partial charge in [-0.15, -0.1) is 0 Å². The minimum absolute atomic E-state index is 0.0320. The van der Waals surface area contributed by atoms with Crippen molar-refractivity contribution in [1.29, 1.82) is 0 Å². The van der Waals surface area contributed by atoms with Gasteiger partial charge in [-0.1, -0.05) is 35.4 Å². The standard InChI is InChI=1S/C24H33ClO8/c1-14(11-22(28)30-4)10-19(27)24-21-12-18(32-24)9-8-17(25)7-5-6-15(2)20(31-16(3)26)13-23(29)33-21/h6-7,10,18-21,24,27H,5,8-9,11-13H2,1-4H3/b14-10+,15-6-,17-7+. The van der Waals surface area contributed by atoms with Crippen LogP contribution in [0, 0.1) is 0 Å². The van der Waals surface area contributed by atoms with Gasteiger partial charge in [-0.05, 0) is 38.7 Å². The van der Waals surface area contributed by atoms with Crippen LogP contribution < -0.4 is 0 Å². The number of aliphatic hydroxyl groups excluding tert-OH is 1. The summed E-state index contributed by atoms with van der Waals surface area (Å²) in [5, 5.41) is 11.4. The first-order chi connectivity index (χ1) is 15.6. The van der Waals surface area contributed by atoms with Gasteiger partial charge in [-0.25, -0.2) is 0 Å². The maximum atomic E-state index is 12.7. The SMILES string of the molecule is COC(=O)C/C(C)=C/C(O)C1OC2CC/C(Cl)=C\C/C=C(/C)C(OC(C)=O)CC(=O)OC1C2. The van der Waals surface area contributed by atoms with Crippen LogP contribution in [0.15, 0.2) is 34.4 Å². The normalized spacial score (nSPS) is 31.2. The van der Waals surface area contributed by atoms with Gasteiger partial charge in [0, 0.05) is 18.4 Å². The predicted octanol–water partition coefficient (Wildman–Crippen LogP) is 3.50. The summed E-state index contributed by atoms with van der Waals surface area (Å²) in [4.78, 5) is 35.8. The summed E-state index contributed by atoms with van der Waals surface area (Å²) in [5.74, 6) is -1.48. The monoisotopic (exact) mass is 484 g/mol. The Morgan fingerprint density at radius 3 is 2.73 bits per heavy atom. The third-order valence-corrected chi connectivity index (χ3v) is 5.93. The molecule has 33 heavy (non-hydrogen) atoms. The van der Waals surface area contributed by atoms with Gasteiger partial charge in [0.2, 0.25) is 0 Å². The minimum atomic E-state index is -1.09. The summed E-state index contributed by atoms with van der Waals surface area (Å²) in [7, 11) is 1.29. The van der Waals surface area contributed by atoms with Crippen LogP contribution in [0.3, 0.4) is 0 Å². The summed E-state index contributed by atoms with van der Waals surface area (Å²) in [6.07, 6.45) is 3.64. The fraction of sp³-hybridized carbons (Fsp3) is 0.625. The number of rotatable bonds is 5. The number of esters is 3.